The fourth-order valence-corrected chi connectivity index (χ4v) is 3.56. The van der Waals surface area contributed by atoms with Gasteiger partial charge in [-0.3, -0.25) is 19.3 Å². The second kappa shape index (κ2) is 5.23. The fraction of sp³-hybridized carbons (Fsp3) is 0.133. The van der Waals surface area contributed by atoms with Crippen molar-refractivity contribution in [1.29, 1.82) is 0 Å². The van der Waals surface area contributed by atoms with Crippen molar-refractivity contribution >= 4 is 52.4 Å². The summed E-state index contributed by atoms with van der Waals surface area (Å²) in [6.07, 6.45) is 6.28. The van der Waals surface area contributed by atoms with Crippen LogP contribution in [-0.4, -0.2) is 29.5 Å². The smallest absolute Gasteiger partial charge is 0.262 e. The van der Waals surface area contributed by atoms with Gasteiger partial charge in [0.25, 0.3) is 11.8 Å². The Morgan fingerprint density at radius 2 is 1.50 bits per heavy atom. The molecule has 0 spiro atoms. The molecule has 0 N–H and O–H groups in total. The van der Waals surface area contributed by atoms with Crippen molar-refractivity contribution in [2.45, 2.75) is 5.92 Å². The largest absolute Gasteiger partial charge is 0.294 e. The van der Waals surface area contributed by atoms with Crippen LogP contribution in [0.4, 0.5) is 0 Å². The Labute approximate surface area is 140 Å². The Hall–Kier alpha value is -1.62. The van der Waals surface area contributed by atoms with E-state index in [1.165, 1.54) is 13.1 Å². The molecular formula is C15H8Cl3NO3. The molecule has 0 saturated heterocycles. The highest BCUT2D eigenvalue weighted by Gasteiger charge is 2.41. The maximum absolute atomic E-state index is 12.2. The van der Waals surface area contributed by atoms with Gasteiger partial charge < -0.3 is 0 Å². The van der Waals surface area contributed by atoms with E-state index in [0.29, 0.717) is 0 Å². The van der Waals surface area contributed by atoms with E-state index in [1.807, 2.05) is 0 Å². The average Bonchev–Trinajstić information content (AvgIpc) is 2.72. The summed E-state index contributed by atoms with van der Waals surface area (Å²) in [4.78, 5) is 37.3. The maximum atomic E-state index is 12.2. The molecule has 1 aliphatic heterocycles. The number of rotatable bonds is 1. The zero-order valence-corrected chi connectivity index (χ0v) is 13.5. The van der Waals surface area contributed by atoms with E-state index in [1.54, 1.807) is 18.2 Å². The number of carbonyl (C=O) groups excluding carboxylic acids is 3. The van der Waals surface area contributed by atoms with Gasteiger partial charge in [-0.1, -0.05) is 53.0 Å². The number of amides is 2. The maximum Gasteiger partial charge on any atom is 0.262 e. The van der Waals surface area contributed by atoms with Crippen molar-refractivity contribution in [1.82, 2.24) is 4.90 Å². The van der Waals surface area contributed by atoms with Crippen LogP contribution in [0.1, 0.15) is 32.2 Å². The fourth-order valence-electron chi connectivity index (χ4n) is 2.54. The Balaban J connectivity index is 2.32. The standard InChI is InChI=1S/C15H8Cl3NO3/c1-19-14(21)9-10(15(19)22)13(18)12(17)8(11(9)16)6-4-2-3-5-7(6)20/h2-6H,1H3. The lowest BCUT2D eigenvalue weighted by Gasteiger charge is -2.18. The van der Waals surface area contributed by atoms with E-state index < -0.39 is 17.7 Å². The summed E-state index contributed by atoms with van der Waals surface area (Å²) in [5.74, 6) is -2.09. The molecule has 1 aliphatic carbocycles. The van der Waals surface area contributed by atoms with Crippen molar-refractivity contribution in [3.8, 4) is 0 Å². The van der Waals surface area contributed by atoms with Crippen molar-refractivity contribution < 1.29 is 14.4 Å². The predicted octanol–water partition coefficient (Wildman–Crippen LogP) is 3.65. The van der Waals surface area contributed by atoms with Crippen LogP contribution < -0.4 is 0 Å². The first kappa shape index (κ1) is 15.3. The molecule has 22 heavy (non-hydrogen) atoms. The number of nitrogens with zero attached hydrogens (tertiary/aromatic N) is 1. The highest BCUT2D eigenvalue weighted by Crippen LogP contribution is 2.45. The number of halogens is 3. The molecule has 1 unspecified atom stereocenters. The summed E-state index contributed by atoms with van der Waals surface area (Å²) >= 11 is 18.7. The Morgan fingerprint density at radius 3 is 2.09 bits per heavy atom. The van der Waals surface area contributed by atoms with Crippen molar-refractivity contribution in [3.63, 3.8) is 0 Å². The molecule has 1 aromatic rings. The quantitative estimate of drug-likeness (QED) is 0.570. The monoisotopic (exact) mass is 355 g/mol. The minimum Gasteiger partial charge on any atom is -0.294 e. The summed E-state index contributed by atoms with van der Waals surface area (Å²) in [6, 6.07) is 0. The third-order valence-electron chi connectivity index (χ3n) is 3.68. The van der Waals surface area contributed by atoms with E-state index in [0.717, 1.165) is 4.90 Å². The van der Waals surface area contributed by atoms with Crippen molar-refractivity contribution in [2.75, 3.05) is 7.05 Å². The van der Waals surface area contributed by atoms with Gasteiger partial charge in [0.1, 0.15) is 0 Å². The molecule has 4 nitrogen and oxygen atoms in total. The molecule has 1 heterocycles. The molecule has 3 rings (SSSR count). The van der Waals surface area contributed by atoms with Crippen LogP contribution in [0, 0.1) is 0 Å². The number of allylic oxidation sites excluding steroid dienone is 4. The molecule has 7 heteroatoms. The molecular weight excluding hydrogens is 349 g/mol. The Bertz CT molecular complexity index is 811. The van der Waals surface area contributed by atoms with Gasteiger partial charge in [0, 0.05) is 12.6 Å². The lowest BCUT2D eigenvalue weighted by Crippen LogP contribution is -2.24. The van der Waals surface area contributed by atoms with Gasteiger partial charge in [0.05, 0.1) is 32.1 Å². The number of benzene rings is 1. The third-order valence-corrected chi connectivity index (χ3v) is 4.94. The van der Waals surface area contributed by atoms with Gasteiger partial charge in [-0.15, -0.1) is 0 Å². The molecule has 0 aromatic heterocycles. The van der Waals surface area contributed by atoms with Gasteiger partial charge in [-0.05, 0) is 6.08 Å². The molecule has 112 valence electrons. The number of fused-ring (bicyclic) bond motifs is 1. The summed E-state index contributed by atoms with van der Waals surface area (Å²) in [6.45, 7) is 0. The summed E-state index contributed by atoms with van der Waals surface area (Å²) in [5.41, 5.74) is 0.221. The molecule has 0 saturated carbocycles. The lowest BCUT2D eigenvalue weighted by molar-refractivity contribution is -0.115. The lowest BCUT2D eigenvalue weighted by atomic mass is 9.89. The van der Waals surface area contributed by atoms with Crippen LogP contribution in [0.25, 0.3) is 0 Å². The van der Waals surface area contributed by atoms with Crippen LogP contribution in [0.5, 0.6) is 0 Å². The molecule has 0 fully saturated rings. The summed E-state index contributed by atoms with van der Waals surface area (Å²) in [7, 11) is 1.33. The Kier molecular flexibility index (Phi) is 3.63. The highest BCUT2D eigenvalue weighted by atomic mass is 35.5. The molecule has 1 atom stereocenters. The van der Waals surface area contributed by atoms with Crippen LogP contribution in [0.2, 0.25) is 15.1 Å². The zero-order valence-electron chi connectivity index (χ0n) is 11.2. The first-order chi connectivity index (χ1) is 10.4. The summed E-state index contributed by atoms with van der Waals surface area (Å²) in [5, 5.41) is -0.0555. The van der Waals surface area contributed by atoms with E-state index in [9.17, 15) is 14.4 Å². The van der Waals surface area contributed by atoms with E-state index in [4.69, 9.17) is 34.8 Å². The van der Waals surface area contributed by atoms with Gasteiger partial charge in [-0.2, -0.15) is 0 Å². The average molecular weight is 357 g/mol. The van der Waals surface area contributed by atoms with Crippen LogP contribution in [0.15, 0.2) is 24.3 Å². The topological polar surface area (TPSA) is 54.5 Å². The number of ketones is 1. The zero-order chi connectivity index (χ0) is 16.2. The first-order valence-electron chi connectivity index (χ1n) is 6.27. The number of carbonyl (C=O) groups is 3. The van der Waals surface area contributed by atoms with Gasteiger partial charge >= 0.3 is 0 Å². The molecule has 1 aromatic carbocycles. The van der Waals surface area contributed by atoms with Crippen LogP contribution in [0.3, 0.4) is 0 Å². The normalized spacial score (nSPS) is 20.1. The number of imide groups is 1. The second-order valence-electron chi connectivity index (χ2n) is 4.90. The highest BCUT2D eigenvalue weighted by molar-refractivity contribution is 6.49. The minimum absolute atomic E-state index is 0.00526. The molecule has 0 radical (unpaired) electrons. The van der Waals surface area contributed by atoms with E-state index in [-0.39, 0.29) is 37.5 Å². The molecule has 2 aliphatic rings. The van der Waals surface area contributed by atoms with Gasteiger partial charge in [0.15, 0.2) is 5.78 Å². The number of hydrogen-bond donors (Lipinski definition) is 0. The predicted molar refractivity (Wildman–Crippen MR) is 83.9 cm³/mol. The van der Waals surface area contributed by atoms with Gasteiger partial charge in [0.2, 0.25) is 0 Å². The SMILES string of the molecule is CN1C(=O)c2c(Cl)c(Cl)c(C3C=CC=CC3=O)c(Cl)c2C1=O. The van der Waals surface area contributed by atoms with E-state index >= 15 is 0 Å². The van der Waals surface area contributed by atoms with E-state index in [2.05, 4.69) is 0 Å². The first-order valence-corrected chi connectivity index (χ1v) is 7.41. The van der Waals surface area contributed by atoms with Crippen LogP contribution in [-0.2, 0) is 4.79 Å². The number of hydrogen-bond acceptors (Lipinski definition) is 3. The Morgan fingerprint density at radius 1 is 0.909 bits per heavy atom. The van der Waals surface area contributed by atoms with Gasteiger partial charge in [-0.25, -0.2) is 0 Å². The van der Waals surface area contributed by atoms with Crippen LogP contribution >= 0.6 is 34.8 Å². The minimum atomic E-state index is -0.735. The van der Waals surface area contributed by atoms with Crippen molar-refractivity contribution in [3.05, 3.63) is 56.1 Å². The van der Waals surface area contributed by atoms with Crippen molar-refractivity contribution in [2.24, 2.45) is 0 Å². The molecule has 0 bridgehead atoms. The summed E-state index contributed by atoms with van der Waals surface area (Å²) < 4.78 is 0. The third kappa shape index (κ3) is 1.95. The second-order valence-corrected chi connectivity index (χ2v) is 6.03. The molecule has 2 amide bonds.